The van der Waals surface area contributed by atoms with Crippen molar-refractivity contribution in [2.75, 3.05) is 43.1 Å². The zero-order valence-corrected chi connectivity index (χ0v) is 15.1. The summed E-state index contributed by atoms with van der Waals surface area (Å²) < 4.78 is 67.8. The lowest BCUT2D eigenvalue weighted by atomic mass is 10.1. The smallest absolute Gasteiger partial charge is 0.383 e. The summed E-state index contributed by atoms with van der Waals surface area (Å²) in [7, 11) is -2.24. The summed E-state index contributed by atoms with van der Waals surface area (Å²) in [5.41, 5.74) is -1.45. The number of hydrogen-bond acceptors (Lipinski definition) is 5. The molecule has 0 saturated heterocycles. The van der Waals surface area contributed by atoms with E-state index in [0.29, 0.717) is 19.2 Å². The molecule has 0 spiro atoms. The van der Waals surface area contributed by atoms with Crippen molar-refractivity contribution in [3.05, 3.63) is 23.8 Å². The fourth-order valence-corrected chi connectivity index (χ4v) is 2.26. The molecule has 0 aliphatic heterocycles. The van der Waals surface area contributed by atoms with Crippen molar-refractivity contribution in [2.24, 2.45) is 0 Å². The predicted molar refractivity (Wildman–Crippen MR) is 90.5 cm³/mol. The summed E-state index contributed by atoms with van der Waals surface area (Å²) in [6.45, 7) is 0.566. The van der Waals surface area contributed by atoms with Crippen LogP contribution in [-0.4, -0.2) is 47.4 Å². The van der Waals surface area contributed by atoms with E-state index in [1.54, 1.807) is 0 Å². The van der Waals surface area contributed by atoms with Gasteiger partial charge in [0.05, 0.1) is 36.3 Å². The second-order valence-corrected chi connectivity index (χ2v) is 6.60. The Bertz CT molecular complexity index is 684. The Labute approximate surface area is 149 Å². The Hall–Kier alpha value is -1.56. The van der Waals surface area contributed by atoms with Crippen molar-refractivity contribution in [1.29, 1.82) is 0 Å². The summed E-state index contributed by atoms with van der Waals surface area (Å²) >= 11 is 0. The van der Waals surface area contributed by atoms with Crippen molar-refractivity contribution in [3.8, 4) is 0 Å². The maximum Gasteiger partial charge on any atom is 0.416 e. The van der Waals surface area contributed by atoms with Crippen LogP contribution in [0.5, 0.6) is 0 Å². The zero-order valence-electron chi connectivity index (χ0n) is 13.4. The van der Waals surface area contributed by atoms with E-state index in [4.69, 9.17) is 4.74 Å². The van der Waals surface area contributed by atoms with Gasteiger partial charge < -0.3 is 15.4 Å². The van der Waals surface area contributed by atoms with Crippen LogP contribution in [0.4, 0.5) is 24.5 Å². The monoisotopic (exact) mass is 405 g/mol. The molecule has 0 unspecified atom stereocenters. The van der Waals surface area contributed by atoms with E-state index in [1.165, 1.54) is 7.11 Å². The van der Waals surface area contributed by atoms with Gasteiger partial charge in [-0.3, -0.25) is 9.52 Å². The van der Waals surface area contributed by atoms with E-state index in [2.05, 4.69) is 15.4 Å². The lowest BCUT2D eigenvalue weighted by Gasteiger charge is -2.15. The molecule has 0 heterocycles. The van der Waals surface area contributed by atoms with Gasteiger partial charge in [-0.05, 0) is 18.2 Å². The summed E-state index contributed by atoms with van der Waals surface area (Å²) in [4.78, 5) is 11.8. The third-order valence-electron chi connectivity index (χ3n) is 2.68. The maximum absolute atomic E-state index is 12.8. The number of nitrogens with one attached hydrogen (secondary N) is 3. The van der Waals surface area contributed by atoms with Gasteiger partial charge in [-0.1, -0.05) is 0 Å². The molecule has 0 bridgehead atoms. The maximum atomic E-state index is 12.8. The Balaban J connectivity index is 0.00000576. The second kappa shape index (κ2) is 9.80. The molecular formula is C13H19ClF3N3O4S. The minimum Gasteiger partial charge on any atom is -0.383 e. The average molecular weight is 406 g/mol. The third-order valence-corrected chi connectivity index (χ3v) is 3.28. The highest BCUT2D eigenvalue weighted by Gasteiger charge is 2.31. The number of ether oxygens (including phenoxy) is 1. The molecule has 0 atom stereocenters. The number of carbonyl (C=O) groups excluding carboxylic acids is 1. The lowest BCUT2D eigenvalue weighted by Crippen LogP contribution is -2.30. The van der Waals surface area contributed by atoms with Gasteiger partial charge >= 0.3 is 6.18 Å². The molecular weight excluding hydrogens is 387 g/mol. The number of sulfonamides is 1. The first-order valence-electron chi connectivity index (χ1n) is 6.71. The van der Waals surface area contributed by atoms with Gasteiger partial charge in [-0.15, -0.1) is 12.4 Å². The van der Waals surface area contributed by atoms with E-state index >= 15 is 0 Å². The summed E-state index contributed by atoms with van der Waals surface area (Å²) in [6, 6.07) is 2.33. The molecule has 1 aromatic rings. The van der Waals surface area contributed by atoms with Crippen LogP contribution in [0.2, 0.25) is 0 Å². The molecule has 1 rings (SSSR count). The molecule has 0 fully saturated rings. The van der Waals surface area contributed by atoms with E-state index in [-0.39, 0.29) is 30.3 Å². The number of methoxy groups -OCH3 is 1. The van der Waals surface area contributed by atoms with Gasteiger partial charge in [0.15, 0.2) is 0 Å². The van der Waals surface area contributed by atoms with E-state index in [9.17, 15) is 26.4 Å². The summed E-state index contributed by atoms with van der Waals surface area (Å²) in [5, 5.41) is 4.97. The number of alkyl halides is 3. The molecule has 7 nitrogen and oxygen atoms in total. The fraction of sp³-hybridized carbons (Fsp3) is 0.462. The van der Waals surface area contributed by atoms with Crippen LogP contribution in [0, 0.1) is 0 Å². The van der Waals surface area contributed by atoms with Gasteiger partial charge in [0, 0.05) is 13.7 Å². The molecule has 1 amide bonds. The van der Waals surface area contributed by atoms with Crippen LogP contribution in [-0.2, 0) is 25.7 Å². The van der Waals surface area contributed by atoms with Crippen LogP contribution in [0.1, 0.15) is 5.56 Å². The van der Waals surface area contributed by atoms with Crippen molar-refractivity contribution in [3.63, 3.8) is 0 Å². The van der Waals surface area contributed by atoms with Crippen LogP contribution in [0.3, 0.4) is 0 Å². The topological polar surface area (TPSA) is 96.5 Å². The molecule has 25 heavy (non-hydrogen) atoms. The zero-order chi connectivity index (χ0) is 18.4. The Morgan fingerprint density at radius 1 is 1.24 bits per heavy atom. The SMILES string of the molecule is COCCNCC(=O)Nc1cc(C(F)(F)F)ccc1NS(C)(=O)=O.Cl. The molecule has 0 radical (unpaired) electrons. The second-order valence-electron chi connectivity index (χ2n) is 4.85. The quantitative estimate of drug-likeness (QED) is 0.572. The van der Waals surface area contributed by atoms with Crippen LogP contribution < -0.4 is 15.4 Å². The number of benzene rings is 1. The highest BCUT2D eigenvalue weighted by atomic mass is 35.5. The summed E-state index contributed by atoms with van der Waals surface area (Å²) in [6.07, 6.45) is -3.78. The molecule has 0 aliphatic carbocycles. The lowest BCUT2D eigenvalue weighted by molar-refractivity contribution is -0.137. The van der Waals surface area contributed by atoms with E-state index in [0.717, 1.165) is 18.4 Å². The highest BCUT2D eigenvalue weighted by molar-refractivity contribution is 7.92. The molecule has 0 saturated carbocycles. The Morgan fingerprint density at radius 3 is 2.40 bits per heavy atom. The highest BCUT2D eigenvalue weighted by Crippen LogP contribution is 2.34. The van der Waals surface area contributed by atoms with Crippen molar-refractivity contribution >= 4 is 39.7 Å². The largest absolute Gasteiger partial charge is 0.416 e. The van der Waals surface area contributed by atoms with Crippen LogP contribution in [0.15, 0.2) is 18.2 Å². The molecule has 0 aromatic heterocycles. The van der Waals surface area contributed by atoms with E-state index in [1.807, 2.05) is 0 Å². The fourth-order valence-electron chi connectivity index (χ4n) is 1.68. The van der Waals surface area contributed by atoms with E-state index < -0.39 is 27.7 Å². The normalized spacial score (nSPS) is 11.6. The minimum atomic E-state index is -4.63. The van der Waals surface area contributed by atoms with Crippen LogP contribution in [0.25, 0.3) is 0 Å². The average Bonchev–Trinajstić information content (AvgIpc) is 2.43. The number of carbonyl (C=O) groups is 1. The van der Waals surface area contributed by atoms with Gasteiger partial charge in [0.2, 0.25) is 15.9 Å². The van der Waals surface area contributed by atoms with Crippen LogP contribution >= 0.6 is 12.4 Å². The van der Waals surface area contributed by atoms with Crippen molar-refractivity contribution in [1.82, 2.24) is 5.32 Å². The molecule has 1 aromatic carbocycles. The Kier molecular flexibility index (Phi) is 9.19. The first-order chi connectivity index (χ1) is 11.0. The number of rotatable bonds is 8. The third kappa shape index (κ3) is 8.91. The summed E-state index contributed by atoms with van der Waals surface area (Å²) in [5.74, 6) is -0.623. The van der Waals surface area contributed by atoms with Gasteiger partial charge in [-0.2, -0.15) is 13.2 Å². The number of anilines is 2. The molecule has 144 valence electrons. The first kappa shape index (κ1) is 23.4. The predicted octanol–water partition coefficient (Wildman–Crippen LogP) is 1.67. The van der Waals surface area contributed by atoms with Gasteiger partial charge in [-0.25, -0.2) is 8.42 Å². The van der Waals surface area contributed by atoms with Crippen molar-refractivity contribution < 1.29 is 31.1 Å². The Morgan fingerprint density at radius 2 is 1.88 bits per heavy atom. The standard InChI is InChI=1S/C13H18F3N3O4S.ClH/c1-23-6-5-17-8-12(20)18-11-7-9(13(14,15)16)3-4-10(11)19-24(2,21)22;/h3-4,7,17,19H,5-6,8H2,1-2H3,(H,18,20);1H. The first-order valence-corrected chi connectivity index (χ1v) is 8.60. The van der Waals surface area contributed by atoms with Crippen molar-refractivity contribution in [2.45, 2.75) is 6.18 Å². The van der Waals surface area contributed by atoms with Gasteiger partial charge in [0.1, 0.15) is 0 Å². The molecule has 3 N–H and O–H groups in total. The van der Waals surface area contributed by atoms with Gasteiger partial charge in [0.25, 0.3) is 0 Å². The number of halogens is 4. The minimum absolute atomic E-state index is 0. The molecule has 0 aliphatic rings. The number of hydrogen-bond donors (Lipinski definition) is 3. The molecule has 12 heteroatoms. The number of amides is 1.